The van der Waals surface area contributed by atoms with E-state index in [1.165, 1.54) is 11.1 Å². The first-order valence-electron chi connectivity index (χ1n) is 7.47. The zero-order chi connectivity index (χ0) is 14.8. The van der Waals surface area contributed by atoms with Crippen LogP contribution in [0.1, 0.15) is 42.2 Å². The largest absolute Gasteiger partial charge is 0.508 e. The molecular formula is C18H21NO2. The quantitative estimate of drug-likeness (QED) is 0.898. The van der Waals surface area contributed by atoms with E-state index in [4.69, 9.17) is 4.74 Å². The molecule has 110 valence electrons. The molecule has 3 heteroatoms. The Morgan fingerprint density at radius 1 is 1.19 bits per heavy atom. The van der Waals surface area contributed by atoms with Gasteiger partial charge in [-0.05, 0) is 37.2 Å². The van der Waals surface area contributed by atoms with E-state index < -0.39 is 0 Å². The highest BCUT2D eigenvalue weighted by atomic mass is 16.5. The van der Waals surface area contributed by atoms with Crippen molar-refractivity contribution in [2.24, 2.45) is 0 Å². The maximum atomic E-state index is 9.43. The van der Waals surface area contributed by atoms with Gasteiger partial charge in [0.1, 0.15) is 17.6 Å². The third-order valence-corrected chi connectivity index (χ3v) is 3.98. The van der Waals surface area contributed by atoms with Crippen LogP contribution in [0.15, 0.2) is 42.5 Å². The van der Waals surface area contributed by atoms with Gasteiger partial charge in [-0.3, -0.25) is 0 Å². The molecule has 0 fully saturated rings. The number of benzene rings is 2. The van der Waals surface area contributed by atoms with Gasteiger partial charge in [-0.1, -0.05) is 36.8 Å². The second-order valence-electron chi connectivity index (χ2n) is 5.59. The Morgan fingerprint density at radius 2 is 1.95 bits per heavy atom. The van der Waals surface area contributed by atoms with E-state index in [1.54, 1.807) is 12.1 Å². The van der Waals surface area contributed by atoms with Crippen molar-refractivity contribution < 1.29 is 9.84 Å². The van der Waals surface area contributed by atoms with Crippen molar-refractivity contribution >= 4 is 0 Å². The average Bonchev–Trinajstić information content (AvgIpc) is 2.48. The van der Waals surface area contributed by atoms with Crippen molar-refractivity contribution in [2.75, 3.05) is 6.54 Å². The number of rotatable bonds is 3. The van der Waals surface area contributed by atoms with Gasteiger partial charge in [0.15, 0.2) is 0 Å². The summed E-state index contributed by atoms with van der Waals surface area (Å²) in [5.74, 6) is 1.24. The fraction of sp³-hybridized carbons (Fsp3) is 0.333. The molecule has 2 aromatic rings. The van der Waals surface area contributed by atoms with Gasteiger partial charge in [-0.25, -0.2) is 0 Å². The van der Waals surface area contributed by atoms with E-state index in [2.05, 4.69) is 37.4 Å². The van der Waals surface area contributed by atoms with Crippen LogP contribution in [-0.2, 0) is 0 Å². The monoisotopic (exact) mass is 283 g/mol. The number of fused-ring (bicyclic) bond motifs is 1. The zero-order valence-corrected chi connectivity index (χ0v) is 12.5. The number of aryl methyl sites for hydroxylation is 1. The maximum Gasteiger partial charge on any atom is 0.126 e. The van der Waals surface area contributed by atoms with Crippen LogP contribution >= 0.6 is 0 Å². The molecule has 2 N–H and O–H groups in total. The van der Waals surface area contributed by atoms with Gasteiger partial charge >= 0.3 is 0 Å². The molecule has 21 heavy (non-hydrogen) atoms. The molecule has 2 unspecified atom stereocenters. The first kappa shape index (κ1) is 14.0. The third-order valence-electron chi connectivity index (χ3n) is 3.98. The molecule has 2 aromatic carbocycles. The second-order valence-corrected chi connectivity index (χ2v) is 5.59. The molecule has 2 atom stereocenters. The number of hydrogen-bond acceptors (Lipinski definition) is 3. The molecule has 0 amide bonds. The normalized spacial score (nSPS) is 20.7. The van der Waals surface area contributed by atoms with E-state index in [0.29, 0.717) is 6.04 Å². The first-order valence-corrected chi connectivity index (χ1v) is 7.47. The molecule has 1 aliphatic rings. The van der Waals surface area contributed by atoms with E-state index >= 15 is 0 Å². The number of phenolic OH excluding ortho intramolecular Hbond substituents is 1. The molecule has 0 aliphatic carbocycles. The molecular weight excluding hydrogens is 262 g/mol. The van der Waals surface area contributed by atoms with Crippen molar-refractivity contribution in [3.05, 3.63) is 59.2 Å². The lowest BCUT2D eigenvalue weighted by Crippen LogP contribution is -2.29. The third kappa shape index (κ3) is 2.88. The fourth-order valence-electron chi connectivity index (χ4n) is 2.92. The molecule has 0 saturated carbocycles. The van der Waals surface area contributed by atoms with Crippen LogP contribution in [0.2, 0.25) is 0 Å². The molecule has 3 rings (SSSR count). The van der Waals surface area contributed by atoms with Gasteiger partial charge in [-0.2, -0.15) is 0 Å². The van der Waals surface area contributed by atoms with Crippen LogP contribution in [0.25, 0.3) is 0 Å². The summed E-state index contributed by atoms with van der Waals surface area (Å²) in [5, 5.41) is 13.0. The Balaban J connectivity index is 1.93. The molecule has 0 radical (unpaired) electrons. The van der Waals surface area contributed by atoms with Crippen molar-refractivity contribution in [1.29, 1.82) is 0 Å². The van der Waals surface area contributed by atoms with E-state index in [1.807, 2.05) is 12.1 Å². The van der Waals surface area contributed by atoms with Crippen molar-refractivity contribution in [3.8, 4) is 11.5 Å². The predicted octanol–water partition coefficient (Wildman–Crippen LogP) is 3.88. The SMILES string of the molecule is CCNC1CC(c2ccc(O)cc2)Oc2ccc(C)cc21. The summed E-state index contributed by atoms with van der Waals surface area (Å²) in [6.07, 6.45) is 0.916. The topological polar surface area (TPSA) is 41.5 Å². The molecule has 0 bridgehead atoms. The summed E-state index contributed by atoms with van der Waals surface area (Å²) in [6.45, 7) is 5.16. The average molecular weight is 283 g/mol. The molecule has 1 aliphatic heterocycles. The molecule has 0 aromatic heterocycles. The summed E-state index contributed by atoms with van der Waals surface area (Å²) >= 11 is 0. The Kier molecular flexibility index (Phi) is 3.84. The standard InChI is InChI=1S/C18H21NO2/c1-3-19-16-11-18(13-5-7-14(20)8-6-13)21-17-9-4-12(2)10-15(16)17/h4-10,16,18-20H,3,11H2,1-2H3. The van der Waals surface area contributed by atoms with Gasteiger partial charge < -0.3 is 15.2 Å². The number of ether oxygens (including phenoxy) is 1. The predicted molar refractivity (Wildman–Crippen MR) is 83.7 cm³/mol. The Labute approximate surface area is 125 Å². The second kappa shape index (κ2) is 5.78. The summed E-state index contributed by atoms with van der Waals surface area (Å²) in [4.78, 5) is 0. The summed E-state index contributed by atoms with van der Waals surface area (Å²) in [6, 6.07) is 13.9. The Morgan fingerprint density at radius 3 is 2.67 bits per heavy atom. The fourth-order valence-corrected chi connectivity index (χ4v) is 2.92. The lowest BCUT2D eigenvalue weighted by Gasteiger charge is -2.33. The van der Waals surface area contributed by atoms with Crippen molar-refractivity contribution in [1.82, 2.24) is 5.32 Å². The minimum absolute atomic E-state index is 0.0184. The molecule has 0 saturated heterocycles. The number of aromatic hydroxyl groups is 1. The van der Waals surface area contributed by atoms with Crippen LogP contribution in [0.3, 0.4) is 0 Å². The van der Waals surface area contributed by atoms with Crippen LogP contribution in [-0.4, -0.2) is 11.7 Å². The molecule has 3 nitrogen and oxygen atoms in total. The van der Waals surface area contributed by atoms with Gasteiger partial charge in [-0.15, -0.1) is 0 Å². The van der Waals surface area contributed by atoms with E-state index in [0.717, 1.165) is 24.3 Å². The lowest BCUT2D eigenvalue weighted by atomic mass is 9.92. The summed E-state index contributed by atoms with van der Waals surface area (Å²) in [5.41, 5.74) is 3.59. The number of hydrogen-bond donors (Lipinski definition) is 2. The summed E-state index contributed by atoms with van der Waals surface area (Å²) < 4.78 is 6.17. The first-order chi connectivity index (χ1) is 10.2. The highest BCUT2D eigenvalue weighted by Gasteiger charge is 2.28. The summed E-state index contributed by atoms with van der Waals surface area (Å²) in [7, 11) is 0. The molecule has 1 heterocycles. The van der Waals surface area contributed by atoms with Gasteiger partial charge in [0.2, 0.25) is 0 Å². The van der Waals surface area contributed by atoms with Crippen molar-refractivity contribution in [3.63, 3.8) is 0 Å². The van der Waals surface area contributed by atoms with Gasteiger partial charge in [0.25, 0.3) is 0 Å². The van der Waals surface area contributed by atoms with Crippen molar-refractivity contribution in [2.45, 2.75) is 32.4 Å². The molecule has 0 spiro atoms. The number of phenols is 1. The van der Waals surface area contributed by atoms with Crippen LogP contribution < -0.4 is 10.1 Å². The Bertz CT molecular complexity index is 622. The van der Waals surface area contributed by atoms with Crippen LogP contribution in [0.5, 0.6) is 11.5 Å². The smallest absolute Gasteiger partial charge is 0.126 e. The highest BCUT2D eigenvalue weighted by Crippen LogP contribution is 2.41. The minimum atomic E-state index is 0.0184. The number of nitrogens with one attached hydrogen (secondary N) is 1. The van der Waals surface area contributed by atoms with Crippen LogP contribution in [0.4, 0.5) is 0 Å². The zero-order valence-electron chi connectivity index (χ0n) is 12.5. The van der Waals surface area contributed by atoms with E-state index in [9.17, 15) is 5.11 Å². The van der Waals surface area contributed by atoms with Crippen LogP contribution in [0, 0.1) is 6.92 Å². The van der Waals surface area contributed by atoms with Gasteiger partial charge in [0.05, 0.1) is 0 Å². The Hall–Kier alpha value is -2.00. The maximum absolute atomic E-state index is 9.43. The van der Waals surface area contributed by atoms with E-state index in [-0.39, 0.29) is 11.9 Å². The lowest BCUT2D eigenvalue weighted by molar-refractivity contribution is 0.152. The highest BCUT2D eigenvalue weighted by molar-refractivity contribution is 5.42. The van der Waals surface area contributed by atoms with Gasteiger partial charge in [0, 0.05) is 18.0 Å². The minimum Gasteiger partial charge on any atom is -0.508 e.